The van der Waals surface area contributed by atoms with Gasteiger partial charge in [-0.05, 0) is 32.6 Å². The Labute approximate surface area is 136 Å². The number of hydrogen-bond donors (Lipinski definition) is 0. The third kappa shape index (κ3) is 4.17. The van der Waals surface area contributed by atoms with Crippen LogP contribution in [-0.4, -0.2) is 43.6 Å². The maximum atomic E-state index is 4.92. The van der Waals surface area contributed by atoms with E-state index >= 15 is 0 Å². The lowest BCUT2D eigenvalue weighted by Crippen LogP contribution is -2.33. The Morgan fingerprint density at radius 3 is 2.52 bits per heavy atom. The van der Waals surface area contributed by atoms with Gasteiger partial charge in [-0.3, -0.25) is 0 Å². The number of para-hydroxylation sites is 1. The van der Waals surface area contributed by atoms with Gasteiger partial charge >= 0.3 is 0 Å². The van der Waals surface area contributed by atoms with E-state index < -0.39 is 0 Å². The van der Waals surface area contributed by atoms with Crippen molar-refractivity contribution >= 4 is 32.7 Å². The average molecular weight is 350 g/mol. The zero-order valence-corrected chi connectivity index (χ0v) is 14.7. The highest BCUT2D eigenvalue weighted by molar-refractivity contribution is 9.08. The Hall–Kier alpha value is -1.13. The predicted molar refractivity (Wildman–Crippen MR) is 95.4 cm³/mol. The van der Waals surface area contributed by atoms with Crippen molar-refractivity contribution in [1.82, 2.24) is 9.88 Å². The number of nitrogens with zero attached hydrogens (tertiary/aromatic N) is 3. The van der Waals surface area contributed by atoms with Gasteiger partial charge in [0.1, 0.15) is 5.82 Å². The van der Waals surface area contributed by atoms with E-state index in [1.54, 1.807) is 0 Å². The van der Waals surface area contributed by atoms with Gasteiger partial charge in [0, 0.05) is 35.9 Å². The van der Waals surface area contributed by atoms with Crippen molar-refractivity contribution in [1.29, 1.82) is 0 Å². The lowest BCUT2D eigenvalue weighted by atomic mass is 10.1. The van der Waals surface area contributed by atoms with Crippen molar-refractivity contribution in [3.63, 3.8) is 0 Å². The molecule has 0 aliphatic heterocycles. The zero-order valence-electron chi connectivity index (χ0n) is 13.1. The minimum atomic E-state index is 0.836. The molecule has 0 radical (unpaired) electrons. The molecule has 3 nitrogen and oxygen atoms in total. The second kappa shape index (κ2) is 7.76. The van der Waals surface area contributed by atoms with Crippen LogP contribution in [0.15, 0.2) is 30.3 Å². The Morgan fingerprint density at radius 2 is 1.86 bits per heavy atom. The Morgan fingerprint density at radius 1 is 1.10 bits per heavy atom. The number of alkyl halides is 1. The molecule has 0 fully saturated rings. The normalized spacial score (nSPS) is 11.3. The van der Waals surface area contributed by atoms with Crippen LogP contribution in [0, 0.1) is 0 Å². The molecule has 0 saturated carbocycles. The molecule has 0 atom stereocenters. The number of likely N-dealkylation sites (N-methyl/N-ethyl adjacent to an activating group) is 1. The number of aromatic nitrogens is 1. The molecule has 0 N–H and O–H groups in total. The molecule has 1 heterocycles. The highest BCUT2D eigenvalue weighted by Crippen LogP contribution is 2.25. The molecule has 0 unspecified atom stereocenters. The van der Waals surface area contributed by atoms with Crippen LogP contribution in [0.2, 0.25) is 0 Å². The van der Waals surface area contributed by atoms with Crippen molar-refractivity contribution in [2.45, 2.75) is 18.7 Å². The second-order valence-electron chi connectivity index (χ2n) is 5.59. The smallest absolute Gasteiger partial charge is 0.133 e. The number of anilines is 1. The van der Waals surface area contributed by atoms with E-state index in [4.69, 9.17) is 4.98 Å². The van der Waals surface area contributed by atoms with Crippen LogP contribution in [-0.2, 0) is 5.33 Å². The van der Waals surface area contributed by atoms with Crippen molar-refractivity contribution in [3.8, 4) is 0 Å². The first kappa shape index (κ1) is 16.2. The molecular formula is C17H24BrN3. The molecule has 2 rings (SSSR count). The van der Waals surface area contributed by atoms with E-state index in [1.807, 2.05) is 0 Å². The molecule has 0 saturated heterocycles. The first-order chi connectivity index (χ1) is 10.2. The van der Waals surface area contributed by atoms with Crippen molar-refractivity contribution in [3.05, 3.63) is 35.9 Å². The second-order valence-corrected chi connectivity index (χ2v) is 6.15. The van der Waals surface area contributed by atoms with Crippen LogP contribution < -0.4 is 4.90 Å². The number of benzene rings is 1. The summed E-state index contributed by atoms with van der Waals surface area (Å²) < 4.78 is 0. The molecule has 0 amide bonds. The van der Waals surface area contributed by atoms with Gasteiger partial charge in [-0.15, -0.1) is 0 Å². The van der Waals surface area contributed by atoms with E-state index in [0.29, 0.717) is 0 Å². The molecular weight excluding hydrogens is 326 g/mol. The van der Waals surface area contributed by atoms with Crippen LogP contribution in [0.1, 0.15) is 18.9 Å². The van der Waals surface area contributed by atoms with Gasteiger partial charge in [-0.2, -0.15) is 0 Å². The fraction of sp³-hybridized carbons (Fsp3) is 0.471. The predicted octanol–water partition coefficient (Wildman–Crippen LogP) is 3.91. The van der Waals surface area contributed by atoms with Crippen LogP contribution in [0.5, 0.6) is 0 Å². The number of rotatable bonds is 7. The highest BCUT2D eigenvalue weighted by atomic mass is 79.9. The average Bonchev–Trinajstić information content (AvgIpc) is 2.50. The summed E-state index contributed by atoms with van der Waals surface area (Å²) in [6, 6.07) is 10.6. The van der Waals surface area contributed by atoms with Crippen molar-refractivity contribution in [2.75, 3.05) is 38.6 Å². The van der Waals surface area contributed by atoms with Gasteiger partial charge < -0.3 is 9.80 Å². The summed E-state index contributed by atoms with van der Waals surface area (Å²) >= 11 is 3.62. The Bertz CT molecular complexity index is 583. The van der Waals surface area contributed by atoms with Gasteiger partial charge in [0.15, 0.2) is 0 Å². The Balaban J connectivity index is 2.39. The third-order valence-corrected chi connectivity index (χ3v) is 4.14. The molecule has 4 heteroatoms. The molecule has 0 bridgehead atoms. The summed E-state index contributed by atoms with van der Waals surface area (Å²) in [5.41, 5.74) is 2.34. The fourth-order valence-electron chi connectivity index (χ4n) is 2.44. The van der Waals surface area contributed by atoms with E-state index in [-0.39, 0.29) is 0 Å². The highest BCUT2D eigenvalue weighted by Gasteiger charge is 2.13. The number of hydrogen-bond acceptors (Lipinski definition) is 3. The van der Waals surface area contributed by atoms with Gasteiger partial charge in [0.05, 0.1) is 5.52 Å². The summed E-state index contributed by atoms with van der Waals surface area (Å²) in [5, 5.41) is 2.04. The van der Waals surface area contributed by atoms with E-state index in [2.05, 4.69) is 77.1 Å². The third-order valence-electron chi connectivity index (χ3n) is 3.53. The minimum Gasteiger partial charge on any atom is -0.355 e. The summed E-state index contributed by atoms with van der Waals surface area (Å²) in [6.45, 7) is 5.30. The first-order valence-corrected chi connectivity index (χ1v) is 8.62. The van der Waals surface area contributed by atoms with E-state index in [9.17, 15) is 0 Å². The summed E-state index contributed by atoms with van der Waals surface area (Å²) in [4.78, 5) is 9.55. The quantitative estimate of drug-likeness (QED) is 0.706. The lowest BCUT2D eigenvalue weighted by molar-refractivity contribution is 0.412. The Kier molecular flexibility index (Phi) is 6.00. The van der Waals surface area contributed by atoms with Crippen LogP contribution in [0.3, 0.4) is 0 Å². The number of pyridine rings is 1. The van der Waals surface area contributed by atoms with E-state index in [1.165, 1.54) is 10.9 Å². The molecule has 1 aromatic heterocycles. The molecule has 114 valence electrons. The van der Waals surface area contributed by atoms with Gasteiger partial charge in [0.25, 0.3) is 0 Å². The largest absolute Gasteiger partial charge is 0.355 e. The first-order valence-electron chi connectivity index (χ1n) is 7.50. The van der Waals surface area contributed by atoms with Gasteiger partial charge in [0.2, 0.25) is 0 Å². The molecule has 0 aliphatic rings. The van der Waals surface area contributed by atoms with E-state index in [0.717, 1.165) is 42.7 Å². The SMILES string of the molecule is CCCN(CCN(C)C)c1nc2ccccc2cc1CBr. The summed E-state index contributed by atoms with van der Waals surface area (Å²) in [7, 11) is 4.23. The van der Waals surface area contributed by atoms with Crippen molar-refractivity contribution in [2.24, 2.45) is 0 Å². The topological polar surface area (TPSA) is 19.4 Å². The minimum absolute atomic E-state index is 0.836. The molecule has 0 aliphatic carbocycles. The maximum absolute atomic E-state index is 4.92. The lowest BCUT2D eigenvalue weighted by Gasteiger charge is -2.27. The molecule has 1 aromatic carbocycles. The summed E-state index contributed by atoms with van der Waals surface area (Å²) in [6.07, 6.45) is 1.13. The van der Waals surface area contributed by atoms with Crippen molar-refractivity contribution < 1.29 is 0 Å². The van der Waals surface area contributed by atoms with Crippen LogP contribution in [0.25, 0.3) is 10.9 Å². The van der Waals surface area contributed by atoms with Gasteiger partial charge in [-0.25, -0.2) is 4.98 Å². The zero-order chi connectivity index (χ0) is 15.2. The summed E-state index contributed by atoms with van der Waals surface area (Å²) in [5.74, 6) is 1.12. The number of fused-ring (bicyclic) bond motifs is 1. The molecule has 21 heavy (non-hydrogen) atoms. The van der Waals surface area contributed by atoms with Crippen LogP contribution in [0.4, 0.5) is 5.82 Å². The standard InChI is InChI=1S/C17H24BrN3/c1-4-9-21(11-10-20(2)3)17-15(13-18)12-14-7-5-6-8-16(14)19-17/h5-8,12H,4,9-11,13H2,1-3H3. The maximum Gasteiger partial charge on any atom is 0.133 e. The van der Waals surface area contributed by atoms with Gasteiger partial charge in [-0.1, -0.05) is 41.1 Å². The monoisotopic (exact) mass is 349 g/mol. The molecule has 2 aromatic rings. The van der Waals surface area contributed by atoms with Crippen LogP contribution >= 0.6 is 15.9 Å². The number of halogens is 1. The molecule has 0 spiro atoms. The fourth-order valence-corrected chi connectivity index (χ4v) is 2.85.